The average Bonchev–Trinajstić information content (AvgIpc) is 3.17. The van der Waals surface area contributed by atoms with Crippen LogP contribution in [0, 0.1) is 5.82 Å². The molecule has 2 saturated heterocycles. The molecule has 2 aromatic rings. The van der Waals surface area contributed by atoms with Crippen molar-refractivity contribution in [3.8, 4) is 11.5 Å². The number of likely N-dealkylation sites (tertiary alicyclic amines) is 1. The van der Waals surface area contributed by atoms with E-state index in [4.69, 9.17) is 13.9 Å². The van der Waals surface area contributed by atoms with E-state index in [1.54, 1.807) is 12.1 Å². The first-order valence-corrected chi connectivity index (χ1v) is 7.78. The molecule has 7 nitrogen and oxygen atoms in total. The van der Waals surface area contributed by atoms with Gasteiger partial charge < -0.3 is 13.9 Å². The van der Waals surface area contributed by atoms with E-state index in [1.807, 2.05) is 0 Å². The summed E-state index contributed by atoms with van der Waals surface area (Å²) in [6, 6.07) is 6.04. The van der Waals surface area contributed by atoms with Gasteiger partial charge in [0.2, 0.25) is 11.8 Å². The van der Waals surface area contributed by atoms with Crippen molar-refractivity contribution in [2.24, 2.45) is 0 Å². The molecule has 1 spiro atoms. The molecule has 4 rings (SSSR count). The molecule has 0 unspecified atom stereocenters. The smallest absolute Gasteiger partial charge is 0.430 e. The second-order valence-corrected chi connectivity index (χ2v) is 6.11. The van der Waals surface area contributed by atoms with E-state index in [-0.39, 0.29) is 5.82 Å². The minimum Gasteiger partial charge on any atom is -0.430 e. The summed E-state index contributed by atoms with van der Waals surface area (Å²) in [6.45, 7) is 2.32. The maximum atomic E-state index is 13.3. The van der Waals surface area contributed by atoms with Gasteiger partial charge in [-0.05, 0) is 18.2 Å². The molecular weight excluding hydrogens is 317 g/mol. The number of nitrogens with zero attached hydrogens (tertiary/aromatic N) is 3. The third-order valence-electron chi connectivity index (χ3n) is 4.42. The van der Waals surface area contributed by atoms with Gasteiger partial charge in [-0.15, -0.1) is 10.2 Å². The van der Waals surface area contributed by atoms with Crippen molar-refractivity contribution < 1.29 is 23.1 Å². The number of piperidine rings is 1. The van der Waals surface area contributed by atoms with Crippen LogP contribution < -0.4 is 0 Å². The quantitative estimate of drug-likeness (QED) is 0.798. The summed E-state index contributed by atoms with van der Waals surface area (Å²) in [7, 11) is 0. The third kappa shape index (κ3) is 2.96. The fourth-order valence-corrected chi connectivity index (χ4v) is 3.04. The topological polar surface area (TPSA) is 77.7 Å². The van der Waals surface area contributed by atoms with Crippen molar-refractivity contribution in [2.75, 3.05) is 19.7 Å². The molecule has 2 aliphatic heterocycles. The summed E-state index contributed by atoms with van der Waals surface area (Å²) in [5.41, 5.74) is 0.0798. The second kappa shape index (κ2) is 5.86. The molecule has 1 aromatic carbocycles. The molecule has 0 bridgehead atoms. The second-order valence-electron chi connectivity index (χ2n) is 6.11. The Hall–Kier alpha value is -2.48. The Morgan fingerprint density at radius 3 is 2.79 bits per heavy atom. The van der Waals surface area contributed by atoms with Gasteiger partial charge >= 0.3 is 6.16 Å². The van der Waals surface area contributed by atoms with Crippen LogP contribution in [0.5, 0.6) is 0 Å². The number of carbonyl (C=O) groups excluding carboxylic acids is 1. The highest BCUT2D eigenvalue weighted by Crippen LogP contribution is 2.32. The fraction of sp³-hybridized carbons (Fsp3) is 0.438. The van der Waals surface area contributed by atoms with Crippen LogP contribution in [0.15, 0.2) is 28.7 Å². The van der Waals surface area contributed by atoms with Gasteiger partial charge in [-0.3, -0.25) is 4.90 Å². The maximum absolute atomic E-state index is 13.3. The molecule has 0 N–H and O–H groups in total. The number of benzene rings is 1. The van der Waals surface area contributed by atoms with Crippen LogP contribution in [-0.2, 0) is 16.0 Å². The van der Waals surface area contributed by atoms with E-state index >= 15 is 0 Å². The number of halogens is 1. The molecule has 2 fully saturated rings. The van der Waals surface area contributed by atoms with E-state index in [0.29, 0.717) is 43.3 Å². The lowest BCUT2D eigenvalue weighted by Crippen LogP contribution is -2.45. The Morgan fingerprint density at radius 1 is 1.25 bits per heavy atom. The van der Waals surface area contributed by atoms with Gasteiger partial charge in [-0.25, -0.2) is 9.18 Å². The molecule has 0 saturated carbocycles. The van der Waals surface area contributed by atoms with Crippen LogP contribution in [0.3, 0.4) is 0 Å². The van der Waals surface area contributed by atoms with Crippen LogP contribution >= 0.6 is 0 Å². The highest BCUT2D eigenvalue weighted by Gasteiger charge is 2.44. The Balaban J connectivity index is 1.38. The van der Waals surface area contributed by atoms with Gasteiger partial charge in [0.25, 0.3) is 0 Å². The summed E-state index contributed by atoms with van der Waals surface area (Å²) in [4.78, 5) is 13.3. The molecule has 2 aliphatic rings. The van der Waals surface area contributed by atoms with Gasteiger partial charge in [0.15, 0.2) is 5.60 Å². The lowest BCUT2D eigenvalue weighted by Gasteiger charge is -2.35. The Morgan fingerprint density at radius 2 is 2.08 bits per heavy atom. The number of ether oxygens (including phenoxy) is 2. The number of hydrogen-bond acceptors (Lipinski definition) is 7. The van der Waals surface area contributed by atoms with Crippen LogP contribution in [0.1, 0.15) is 18.7 Å². The lowest BCUT2D eigenvalue weighted by molar-refractivity contribution is -0.00336. The molecule has 0 amide bonds. The molecule has 126 valence electrons. The standard InChI is InChI=1S/C16H16FN3O4/c17-12-3-1-2-11(8-12)14-19-18-13(23-14)9-20-6-4-16(5-7-20)10-22-15(21)24-16/h1-3,8H,4-7,9-10H2. The highest BCUT2D eigenvalue weighted by atomic mass is 19.1. The minimum absolute atomic E-state index is 0.302. The normalized spacial score (nSPS) is 20.1. The van der Waals surface area contributed by atoms with Crippen molar-refractivity contribution >= 4 is 6.16 Å². The van der Waals surface area contributed by atoms with Gasteiger partial charge in [0.05, 0.1) is 6.54 Å². The molecule has 8 heteroatoms. The molecular formula is C16H16FN3O4. The van der Waals surface area contributed by atoms with E-state index in [2.05, 4.69) is 15.1 Å². The van der Waals surface area contributed by atoms with Crippen molar-refractivity contribution in [1.82, 2.24) is 15.1 Å². The highest BCUT2D eigenvalue weighted by molar-refractivity contribution is 5.62. The van der Waals surface area contributed by atoms with Crippen molar-refractivity contribution in [2.45, 2.75) is 25.0 Å². The van der Waals surface area contributed by atoms with Gasteiger partial charge in [0, 0.05) is 31.5 Å². The Kier molecular flexibility index (Phi) is 3.68. The van der Waals surface area contributed by atoms with Gasteiger partial charge in [0.1, 0.15) is 12.4 Å². The number of cyclic esters (lactones) is 1. The minimum atomic E-state index is -0.583. The van der Waals surface area contributed by atoms with E-state index in [0.717, 1.165) is 13.1 Å². The predicted octanol–water partition coefficient (Wildman–Crippen LogP) is 2.38. The van der Waals surface area contributed by atoms with Crippen LogP contribution in [0.2, 0.25) is 0 Å². The van der Waals surface area contributed by atoms with Crippen LogP contribution in [0.4, 0.5) is 9.18 Å². The number of carbonyl (C=O) groups is 1. The zero-order valence-corrected chi connectivity index (χ0v) is 12.9. The van der Waals surface area contributed by atoms with E-state index in [9.17, 15) is 9.18 Å². The zero-order valence-electron chi connectivity index (χ0n) is 12.9. The van der Waals surface area contributed by atoms with Gasteiger partial charge in [-0.1, -0.05) is 6.07 Å². The van der Waals surface area contributed by atoms with Crippen molar-refractivity contribution in [3.63, 3.8) is 0 Å². The monoisotopic (exact) mass is 333 g/mol. The van der Waals surface area contributed by atoms with E-state index in [1.165, 1.54) is 12.1 Å². The zero-order chi connectivity index (χ0) is 16.6. The molecule has 1 aromatic heterocycles. The number of rotatable bonds is 3. The number of aromatic nitrogens is 2. The van der Waals surface area contributed by atoms with Crippen molar-refractivity contribution in [1.29, 1.82) is 0 Å². The summed E-state index contributed by atoms with van der Waals surface area (Å²) in [5.74, 6) is 0.433. The summed E-state index contributed by atoms with van der Waals surface area (Å²) in [5, 5.41) is 8.00. The van der Waals surface area contributed by atoms with Crippen LogP contribution in [0.25, 0.3) is 11.5 Å². The molecule has 0 atom stereocenters. The first-order valence-electron chi connectivity index (χ1n) is 7.78. The van der Waals surface area contributed by atoms with Crippen LogP contribution in [-0.4, -0.2) is 46.6 Å². The van der Waals surface area contributed by atoms with Crippen molar-refractivity contribution in [3.05, 3.63) is 36.0 Å². The lowest BCUT2D eigenvalue weighted by atomic mass is 9.92. The Labute approximate surface area is 137 Å². The van der Waals surface area contributed by atoms with Gasteiger partial charge in [-0.2, -0.15) is 0 Å². The first-order chi connectivity index (χ1) is 11.6. The summed E-state index contributed by atoms with van der Waals surface area (Å²) < 4.78 is 29.1. The maximum Gasteiger partial charge on any atom is 0.509 e. The average molecular weight is 333 g/mol. The fourth-order valence-electron chi connectivity index (χ4n) is 3.04. The summed E-state index contributed by atoms with van der Waals surface area (Å²) >= 11 is 0. The SMILES string of the molecule is O=C1OCC2(CCN(Cc3nnc(-c4cccc(F)c4)o3)CC2)O1. The molecule has 3 heterocycles. The summed E-state index contributed by atoms with van der Waals surface area (Å²) in [6.07, 6.45) is 0.841. The number of hydrogen-bond donors (Lipinski definition) is 0. The predicted molar refractivity (Wildman–Crippen MR) is 79.4 cm³/mol. The first kappa shape index (κ1) is 15.1. The largest absolute Gasteiger partial charge is 0.509 e. The molecule has 24 heavy (non-hydrogen) atoms. The molecule has 0 radical (unpaired) electrons. The third-order valence-corrected chi connectivity index (χ3v) is 4.42. The molecule has 0 aliphatic carbocycles. The Bertz CT molecular complexity index is 755. The van der Waals surface area contributed by atoms with E-state index < -0.39 is 11.8 Å².